The average molecular weight is 320 g/mol. The zero-order chi connectivity index (χ0) is 13.9. The highest BCUT2D eigenvalue weighted by Gasteiger charge is 2.25. The number of rotatable bonds is 4. The summed E-state index contributed by atoms with van der Waals surface area (Å²) in [5.41, 5.74) is 2.77. The van der Waals surface area contributed by atoms with Gasteiger partial charge in [-0.15, -0.1) is 0 Å². The number of aryl methyl sites for hydroxylation is 1. The minimum Gasteiger partial charge on any atom is -0.394 e. The van der Waals surface area contributed by atoms with Gasteiger partial charge in [0, 0.05) is 10.2 Å². The van der Waals surface area contributed by atoms with Crippen LogP contribution in [0.2, 0.25) is 0 Å². The van der Waals surface area contributed by atoms with Crippen LogP contribution in [0.3, 0.4) is 0 Å². The third-order valence-electron chi connectivity index (χ3n) is 3.24. The van der Waals surface area contributed by atoms with E-state index in [0.29, 0.717) is 0 Å². The normalized spacial score (nSPS) is 13.9. The average Bonchev–Trinajstić information content (AvgIpc) is 2.39. The van der Waals surface area contributed by atoms with Gasteiger partial charge in [0.15, 0.2) is 0 Å². The van der Waals surface area contributed by atoms with Gasteiger partial charge in [0.05, 0.1) is 12.1 Å². The number of aliphatic hydroxyl groups excluding tert-OH is 1. The van der Waals surface area contributed by atoms with Crippen LogP contribution >= 0.6 is 15.9 Å². The molecule has 19 heavy (non-hydrogen) atoms. The van der Waals surface area contributed by atoms with E-state index in [0.717, 1.165) is 15.7 Å². The number of nitrogens with one attached hydrogen (secondary N) is 1. The molecule has 0 spiro atoms. The Balaban J connectivity index is 2.29. The van der Waals surface area contributed by atoms with E-state index in [1.165, 1.54) is 5.56 Å². The van der Waals surface area contributed by atoms with Crippen LogP contribution in [0.4, 0.5) is 5.69 Å². The molecular formula is C16H18BrNO. The van der Waals surface area contributed by atoms with Gasteiger partial charge >= 0.3 is 0 Å². The van der Waals surface area contributed by atoms with Crippen LogP contribution in [-0.4, -0.2) is 11.7 Å². The first-order valence-corrected chi connectivity index (χ1v) is 7.04. The number of halogens is 1. The van der Waals surface area contributed by atoms with Gasteiger partial charge in [-0.05, 0) is 49.2 Å². The van der Waals surface area contributed by atoms with Gasteiger partial charge in [0.2, 0.25) is 0 Å². The molecule has 2 aromatic carbocycles. The van der Waals surface area contributed by atoms with Crippen molar-refractivity contribution in [3.8, 4) is 0 Å². The zero-order valence-corrected chi connectivity index (χ0v) is 12.7. The van der Waals surface area contributed by atoms with E-state index in [2.05, 4.69) is 40.3 Å². The Hall–Kier alpha value is -1.32. The fourth-order valence-electron chi connectivity index (χ4n) is 2.06. The highest BCUT2D eigenvalue weighted by Crippen LogP contribution is 2.27. The molecule has 1 unspecified atom stereocenters. The molecule has 2 aromatic rings. The van der Waals surface area contributed by atoms with Gasteiger partial charge in [-0.1, -0.05) is 40.2 Å². The van der Waals surface area contributed by atoms with Crippen LogP contribution in [0, 0.1) is 6.92 Å². The summed E-state index contributed by atoms with van der Waals surface area (Å²) in [6.07, 6.45) is 0. The SMILES string of the molecule is Cc1cccc(NC(C)(CO)c2ccc(Br)cc2)c1. The third-order valence-corrected chi connectivity index (χ3v) is 3.76. The van der Waals surface area contributed by atoms with E-state index >= 15 is 0 Å². The van der Waals surface area contributed by atoms with Crippen molar-refractivity contribution in [2.24, 2.45) is 0 Å². The van der Waals surface area contributed by atoms with E-state index in [4.69, 9.17) is 0 Å². The summed E-state index contributed by atoms with van der Waals surface area (Å²) in [5.74, 6) is 0. The summed E-state index contributed by atoms with van der Waals surface area (Å²) in [5, 5.41) is 13.2. The van der Waals surface area contributed by atoms with Gasteiger partial charge in [-0.2, -0.15) is 0 Å². The van der Waals surface area contributed by atoms with E-state index < -0.39 is 5.54 Å². The Kier molecular flexibility index (Phi) is 4.27. The van der Waals surface area contributed by atoms with Crippen molar-refractivity contribution in [1.82, 2.24) is 0 Å². The maximum Gasteiger partial charge on any atom is 0.0828 e. The smallest absolute Gasteiger partial charge is 0.0828 e. The molecule has 0 aliphatic rings. The van der Waals surface area contributed by atoms with Gasteiger partial charge in [-0.25, -0.2) is 0 Å². The van der Waals surface area contributed by atoms with Crippen LogP contribution in [0.1, 0.15) is 18.1 Å². The molecule has 0 aliphatic heterocycles. The zero-order valence-electron chi connectivity index (χ0n) is 11.2. The number of aliphatic hydroxyl groups is 1. The van der Waals surface area contributed by atoms with Crippen molar-refractivity contribution in [2.75, 3.05) is 11.9 Å². The molecule has 0 aromatic heterocycles. The highest BCUT2D eigenvalue weighted by atomic mass is 79.9. The van der Waals surface area contributed by atoms with E-state index in [1.807, 2.05) is 43.3 Å². The van der Waals surface area contributed by atoms with Crippen molar-refractivity contribution in [3.63, 3.8) is 0 Å². The van der Waals surface area contributed by atoms with Gasteiger partial charge in [0.1, 0.15) is 0 Å². The van der Waals surface area contributed by atoms with Crippen molar-refractivity contribution >= 4 is 21.6 Å². The van der Waals surface area contributed by atoms with Crippen molar-refractivity contribution < 1.29 is 5.11 Å². The molecule has 0 aliphatic carbocycles. The van der Waals surface area contributed by atoms with Crippen molar-refractivity contribution in [1.29, 1.82) is 0 Å². The first-order chi connectivity index (χ1) is 9.03. The lowest BCUT2D eigenvalue weighted by Gasteiger charge is -2.30. The van der Waals surface area contributed by atoms with Crippen LogP contribution in [0.15, 0.2) is 53.0 Å². The third kappa shape index (κ3) is 3.37. The Morgan fingerprint density at radius 1 is 1.16 bits per heavy atom. The molecule has 2 N–H and O–H groups in total. The molecule has 3 heteroatoms. The Bertz CT molecular complexity index is 553. The second kappa shape index (κ2) is 5.76. The number of benzene rings is 2. The summed E-state index contributed by atoms with van der Waals surface area (Å²) >= 11 is 3.43. The van der Waals surface area contributed by atoms with Crippen molar-refractivity contribution in [2.45, 2.75) is 19.4 Å². The summed E-state index contributed by atoms with van der Waals surface area (Å²) in [6, 6.07) is 16.2. The summed E-state index contributed by atoms with van der Waals surface area (Å²) in [7, 11) is 0. The van der Waals surface area contributed by atoms with E-state index in [9.17, 15) is 5.11 Å². The summed E-state index contributed by atoms with van der Waals surface area (Å²) in [4.78, 5) is 0. The lowest BCUT2D eigenvalue weighted by Crippen LogP contribution is -2.35. The minimum absolute atomic E-state index is 0.0303. The van der Waals surface area contributed by atoms with Gasteiger partial charge < -0.3 is 10.4 Å². The first kappa shape index (κ1) is 14.1. The number of hydrogen-bond donors (Lipinski definition) is 2. The molecular weight excluding hydrogens is 302 g/mol. The molecule has 0 radical (unpaired) electrons. The molecule has 0 bridgehead atoms. The monoisotopic (exact) mass is 319 g/mol. The quantitative estimate of drug-likeness (QED) is 0.890. The number of anilines is 1. The van der Waals surface area contributed by atoms with Gasteiger partial charge in [0.25, 0.3) is 0 Å². The predicted octanol–water partition coefficient (Wildman–Crippen LogP) is 4.08. The predicted molar refractivity (Wildman–Crippen MR) is 83.4 cm³/mol. The Labute approximate surface area is 122 Å². The maximum absolute atomic E-state index is 9.76. The summed E-state index contributed by atoms with van der Waals surface area (Å²) < 4.78 is 1.03. The first-order valence-electron chi connectivity index (χ1n) is 6.25. The molecule has 0 amide bonds. The molecule has 2 nitrogen and oxygen atoms in total. The maximum atomic E-state index is 9.76. The Morgan fingerprint density at radius 2 is 1.84 bits per heavy atom. The van der Waals surface area contributed by atoms with Crippen molar-refractivity contribution in [3.05, 3.63) is 64.1 Å². The molecule has 0 heterocycles. The van der Waals surface area contributed by atoms with Gasteiger partial charge in [-0.3, -0.25) is 0 Å². The molecule has 100 valence electrons. The lowest BCUT2D eigenvalue weighted by molar-refractivity contribution is 0.224. The lowest BCUT2D eigenvalue weighted by atomic mass is 9.92. The highest BCUT2D eigenvalue weighted by molar-refractivity contribution is 9.10. The number of hydrogen-bond acceptors (Lipinski definition) is 2. The van der Waals surface area contributed by atoms with E-state index in [-0.39, 0.29) is 6.61 Å². The van der Waals surface area contributed by atoms with Crippen LogP contribution in [0.25, 0.3) is 0 Å². The molecule has 2 rings (SSSR count). The summed E-state index contributed by atoms with van der Waals surface area (Å²) in [6.45, 7) is 4.09. The largest absolute Gasteiger partial charge is 0.394 e. The second-order valence-corrected chi connectivity index (χ2v) is 5.91. The van der Waals surface area contributed by atoms with Crippen LogP contribution in [-0.2, 0) is 5.54 Å². The molecule has 0 saturated carbocycles. The fourth-order valence-corrected chi connectivity index (χ4v) is 2.33. The van der Waals surface area contributed by atoms with Crippen LogP contribution in [0.5, 0.6) is 0 Å². The fraction of sp³-hybridized carbons (Fsp3) is 0.250. The second-order valence-electron chi connectivity index (χ2n) is 4.99. The Morgan fingerprint density at radius 3 is 2.42 bits per heavy atom. The topological polar surface area (TPSA) is 32.3 Å². The molecule has 1 atom stereocenters. The van der Waals surface area contributed by atoms with Crippen LogP contribution < -0.4 is 5.32 Å². The molecule has 0 saturated heterocycles. The van der Waals surface area contributed by atoms with E-state index in [1.54, 1.807) is 0 Å². The minimum atomic E-state index is -0.492. The standard InChI is InChI=1S/C16H18BrNO/c1-12-4-3-5-15(10-12)18-16(2,11-19)13-6-8-14(17)9-7-13/h3-10,18-19H,11H2,1-2H3. The molecule has 0 fully saturated rings.